The topological polar surface area (TPSA) is 3.24 Å². The Morgan fingerprint density at radius 1 is 0.848 bits per heavy atom. The molecule has 3 heteroatoms. The molecule has 0 amide bonds. The van der Waals surface area contributed by atoms with E-state index in [-0.39, 0.29) is 5.82 Å². The molecule has 0 aromatic heterocycles. The van der Waals surface area contributed by atoms with Crippen molar-refractivity contribution in [2.75, 3.05) is 11.9 Å². The van der Waals surface area contributed by atoms with Gasteiger partial charge in [0.25, 0.3) is 0 Å². The largest absolute Gasteiger partial charge is 0.344 e. The fraction of sp³-hybridized carbons (Fsp3) is 0.333. The van der Waals surface area contributed by atoms with E-state index in [4.69, 9.17) is 11.6 Å². The van der Waals surface area contributed by atoms with Gasteiger partial charge in [-0.25, -0.2) is 4.39 Å². The van der Waals surface area contributed by atoms with Crippen LogP contribution in [0.1, 0.15) is 59.6 Å². The van der Waals surface area contributed by atoms with E-state index < -0.39 is 0 Å². The molecule has 0 fully saturated rings. The second kappa shape index (κ2) is 18.9. The average Bonchev–Trinajstić information content (AvgIpc) is 2.83. The minimum Gasteiger partial charge on any atom is -0.344 e. The van der Waals surface area contributed by atoms with E-state index in [0.29, 0.717) is 10.6 Å². The molecule has 0 atom stereocenters. The van der Waals surface area contributed by atoms with Gasteiger partial charge in [0.1, 0.15) is 5.82 Å². The van der Waals surface area contributed by atoms with E-state index >= 15 is 0 Å². The summed E-state index contributed by atoms with van der Waals surface area (Å²) >= 11 is 6.19. The number of aryl methyl sites for hydroxylation is 2. The Kier molecular flexibility index (Phi) is 18.7. The Bertz CT molecular complexity index is 900. The van der Waals surface area contributed by atoms with Crippen molar-refractivity contribution in [1.82, 2.24) is 0 Å². The van der Waals surface area contributed by atoms with Crippen molar-refractivity contribution >= 4 is 23.0 Å². The Labute approximate surface area is 207 Å². The van der Waals surface area contributed by atoms with E-state index in [1.165, 1.54) is 0 Å². The molecule has 0 aliphatic heterocycles. The Hall–Kier alpha value is -2.58. The number of anilines is 2. The van der Waals surface area contributed by atoms with Crippen LogP contribution < -0.4 is 4.90 Å². The van der Waals surface area contributed by atoms with Gasteiger partial charge in [-0.05, 0) is 67.8 Å². The number of allylic oxidation sites excluding steroid dienone is 1. The highest BCUT2D eigenvalue weighted by atomic mass is 35.5. The maximum absolute atomic E-state index is 14.5. The average molecular weight is 472 g/mol. The fourth-order valence-corrected chi connectivity index (χ4v) is 3.20. The van der Waals surface area contributed by atoms with Crippen molar-refractivity contribution in [3.63, 3.8) is 0 Å². The SMILES string of the molecule is C=CC.CC.CC.CC.Cc1cc(Cl)cc(N(C)c2cc(-c3ccccc3)c(F)cc2C)c1. The van der Waals surface area contributed by atoms with Gasteiger partial charge in [-0.2, -0.15) is 0 Å². The van der Waals surface area contributed by atoms with Crippen molar-refractivity contribution < 1.29 is 4.39 Å². The number of hydrogen-bond acceptors (Lipinski definition) is 1. The van der Waals surface area contributed by atoms with Gasteiger partial charge >= 0.3 is 0 Å². The molecule has 0 N–H and O–H groups in total. The summed E-state index contributed by atoms with van der Waals surface area (Å²) in [6.45, 7) is 21.2. The molecule has 182 valence electrons. The number of nitrogens with zero attached hydrogens (tertiary/aromatic N) is 1. The van der Waals surface area contributed by atoms with Crippen LogP contribution in [0.25, 0.3) is 11.1 Å². The molecule has 0 spiro atoms. The quantitative estimate of drug-likeness (QED) is 0.343. The molecular formula is C30H43ClFN. The molecule has 0 bridgehead atoms. The summed E-state index contributed by atoms with van der Waals surface area (Å²) in [6.07, 6.45) is 1.75. The summed E-state index contributed by atoms with van der Waals surface area (Å²) in [7, 11) is 1.97. The first-order valence-electron chi connectivity index (χ1n) is 11.8. The molecule has 0 radical (unpaired) electrons. The lowest BCUT2D eigenvalue weighted by Crippen LogP contribution is -2.11. The number of benzene rings is 3. The van der Waals surface area contributed by atoms with Gasteiger partial charge in [-0.3, -0.25) is 0 Å². The molecular weight excluding hydrogens is 429 g/mol. The molecule has 1 nitrogen and oxygen atoms in total. The van der Waals surface area contributed by atoms with E-state index in [2.05, 4.69) is 12.6 Å². The van der Waals surface area contributed by atoms with Crippen molar-refractivity contribution in [3.05, 3.63) is 95.3 Å². The Morgan fingerprint density at radius 2 is 1.36 bits per heavy atom. The van der Waals surface area contributed by atoms with Crippen LogP contribution in [0.2, 0.25) is 5.02 Å². The molecule has 33 heavy (non-hydrogen) atoms. The number of hydrogen-bond donors (Lipinski definition) is 0. The smallest absolute Gasteiger partial charge is 0.131 e. The van der Waals surface area contributed by atoms with Gasteiger partial charge in [-0.1, -0.05) is 89.6 Å². The lowest BCUT2D eigenvalue weighted by atomic mass is 10.0. The second-order valence-electron chi connectivity index (χ2n) is 6.44. The van der Waals surface area contributed by atoms with Crippen molar-refractivity contribution in [2.24, 2.45) is 0 Å². The minimum absolute atomic E-state index is 0.210. The summed E-state index contributed by atoms with van der Waals surface area (Å²) in [5.41, 5.74) is 5.37. The molecule has 3 rings (SSSR count). The highest BCUT2D eigenvalue weighted by Gasteiger charge is 2.14. The van der Waals surface area contributed by atoms with Crippen molar-refractivity contribution in [3.8, 4) is 11.1 Å². The molecule has 0 aliphatic rings. The van der Waals surface area contributed by atoms with E-state index in [9.17, 15) is 4.39 Å². The molecule has 0 aliphatic carbocycles. The summed E-state index contributed by atoms with van der Waals surface area (Å²) in [4.78, 5) is 2.04. The predicted octanol–water partition coefficient (Wildman–Crippen LogP) is 10.8. The predicted molar refractivity (Wildman–Crippen MR) is 151 cm³/mol. The van der Waals surface area contributed by atoms with Crippen LogP contribution in [0.4, 0.5) is 15.8 Å². The summed E-state index contributed by atoms with van der Waals surface area (Å²) in [5, 5.41) is 0.694. The van der Waals surface area contributed by atoms with Crippen LogP contribution in [0, 0.1) is 19.7 Å². The zero-order chi connectivity index (χ0) is 26.0. The van der Waals surface area contributed by atoms with E-state index in [1.807, 2.05) is 123 Å². The summed E-state index contributed by atoms with van der Waals surface area (Å²) < 4.78 is 14.5. The third-order valence-electron chi connectivity index (χ3n) is 4.15. The van der Waals surface area contributed by atoms with Crippen LogP contribution in [-0.4, -0.2) is 7.05 Å². The highest BCUT2D eigenvalue weighted by Crippen LogP contribution is 2.34. The zero-order valence-corrected chi connectivity index (χ0v) is 23.0. The normalized spacial score (nSPS) is 8.73. The van der Waals surface area contributed by atoms with Gasteiger partial charge in [-0.15, -0.1) is 6.58 Å². The fourth-order valence-electron chi connectivity index (χ4n) is 2.91. The first-order chi connectivity index (χ1) is 15.9. The minimum atomic E-state index is -0.210. The van der Waals surface area contributed by atoms with E-state index in [1.54, 1.807) is 12.1 Å². The first kappa shape index (κ1) is 32.6. The zero-order valence-electron chi connectivity index (χ0n) is 22.3. The molecule has 0 heterocycles. The molecule has 3 aromatic rings. The maximum Gasteiger partial charge on any atom is 0.131 e. The third kappa shape index (κ3) is 10.7. The van der Waals surface area contributed by atoms with Crippen LogP contribution in [0.15, 0.2) is 73.3 Å². The molecule has 0 saturated carbocycles. The highest BCUT2D eigenvalue weighted by molar-refractivity contribution is 6.31. The van der Waals surface area contributed by atoms with E-state index in [0.717, 1.165) is 28.1 Å². The van der Waals surface area contributed by atoms with Crippen LogP contribution >= 0.6 is 11.6 Å². The van der Waals surface area contributed by atoms with Crippen LogP contribution in [0.3, 0.4) is 0 Å². The van der Waals surface area contributed by atoms with Gasteiger partial charge in [0, 0.05) is 29.0 Å². The first-order valence-corrected chi connectivity index (χ1v) is 12.2. The van der Waals surface area contributed by atoms with Gasteiger partial charge < -0.3 is 4.90 Å². The summed E-state index contributed by atoms with van der Waals surface area (Å²) in [5.74, 6) is -0.210. The maximum atomic E-state index is 14.5. The Balaban J connectivity index is 0. The lowest BCUT2D eigenvalue weighted by Gasteiger charge is -2.23. The monoisotopic (exact) mass is 471 g/mol. The van der Waals surface area contributed by atoms with Crippen molar-refractivity contribution in [2.45, 2.75) is 62.3 Å². The standard InChI is InChI=1S/C21H19ClFN.C3H6.3C2H6/c1-14-9-17(22)12-18(10-14)24(3)21-13-19(20(23)11-15(21)2)16-7-5-4-6-8-16;1-3-2;3*1-2/h4-13H,1-3H3;3H,1H2,2H3;3*1-2H3. The number of halogens is 2. The van der Waals surface area contributed by atoms with Gasteiger partial charge in [0.2, 0.25) is 0 Å². The Morgan fingerprint density at radius 3 is 1.85 bits per heavy atom. The third-order valence-corrected chi connectivity index (χ3v) is 4.36. The van der Waals surface area contributed by atoms with Gasteiger partial charge in [0.15, 0.2) is 0 Å². The van der Waals surface area contributed by atoms with Crippen LogP contribution in [-0.2, 0) is 0 Å². The van der Waals surface area contributed by atoms with Gasteiger partial charge in [0.05, 0.1) is 0 Å². The molecule has 0 saturated heterocycles. The molecule has 3 aromatic carbocycles. The molecule has 0 unspecified atom stereocenters. The summed E-state index contributed by atoms with van der Waals surface area (Å²) in [6, 6.07) is 19.0. The second-order valence-corrected chi connectivity index (χ2v) is 6.88. The number of rotatable bonds is 3. The lowest BCUT2D eigenvalue weighted by molar-refractivity contribution is 0.630. The van der Waals surface area contributed by atoms with Crippen LogP contribution in [0.5, 0.6) is 0 Å². The van der Waals surface area contributed by atoms with Crippen molar-refractivity contribution in [1.29, 1.82) is 0 Å².